The molecule has 0 saturated heterocycles. The number of hydrogen-bond donors (Lipinski definition) is 0. The summed E-state index contributed by atoms with van der Waals surface area (Å²) in [4.78, 5) is 16.5. The molecule has 1 unspecified atom stereocenters. The third kappa shape index (κ3) is 4.92. The molecule has 0 spiro atoms. The van der Waals surface area contributed by atoms with Crippen molar-refractivity contribution in [3.8, 4) is 0 Å². The molecule has 134 valence electrons. The highest BCUT2D eigenvalue weighted by molar-refractivity contribution is 5.72. The van der Waals surface area contributed by atoms with E-state index >= 15 is 0 Å². The van der Waals surface area contributed by atoms with Gasteiger partial charge in [-0.2, -0.15) is 9.13 Å². The van der Waals surface area contributed by atoms with Crippen molar-refractivity contribution >= 4 is 17.3 Å². The molecule has 2 aromatic rings. The van der Waals surface area contributed by atoms with E-state index in [1.54, 1.807) is 0 Å². The smallest absolute Gasteiger partial charge is 0.382 e. The molecule has 2 heterocycles. The largest absolute Gasteiger partial charge is 0.461 e. The molecule has 1 atom stereocenters. The summed E-state index contributed by atoms with van der Waals surface area (Å²) in [6, 6.07) is 7.63. The van der Waals surface area contributed by atoms with E-state index in [9.17, 15) is 4.79 Å². The first-order valence-electron chi connectivity index (χ1n) is 8.43. The van der Waals surface area contributed by atoms with Crippen LogP contribution in [0.15, 0.2) is 49.1 Å². The van der Waals surface area contributed by atoms with E-state index in [1.165, 1.54) is 0 Å². The van der Waals surface area contributed by atoms with Crippen LogP contribution < -0.4 is 18.9 Å². The third-order valence-corrected chi connectivity index (χ3v) is 4.04. The summed E-state index contributed by atoms with van der Waals surface area (Å²) in [5, 5.41) is 0. The van der Waals surface area contributed by atoms with Gasteiger partial charge in [0, 0.05) is 63.8 Å². The van der Waals surface area contributed by atoms with Crippen molar-refractivity contribution < 1.29 is 18.7 Å². The Bertz CT molecular complexity index is 682. The first-order chi connectivity index (χ1) is 11.9. The molecular formula is C19H28N4O2+2. The molecule has 25 heavy (non-hydrogen) atoms. The minimum absolute atomic E-state index is 0.228. The lowest BCUT2D eigenvalue weighted by molar-refractivity contribution is -0.788. The number of anilines is 2. The number of aromatic nitrogens is 2. The van der Waals surface area contributed by atoms with Crippen LogP contribution in [0.4, 0.5) is 11.4 Å². The Kier molecular flexibility index (Phi) is 6.33. The van der Waals surface area contributed by atoms with Crippen LogP contribution >= 0.6 is 0 Å². The van der Waals surface area contributed by atoms with E-state index in [1.807, 2.05) is 103 Å². The van der Waals surface area contributed by atoms with Gasteiger partial charge in [-0.1, -0.05) is 0 Å². The molecule has 0 aromatic carbocycles. The molecule has 0 saturated carbocycles. The van der Waals surface area contributed by atoms with E-state index in [0.29, 0.717) is 13.2 Å². The van der Waals surface area contributed by atoms with Gasteiger partial charge in [-0.3, -0.25) is 0 Å². The van der Waals surface area contributed by atoms with Crippen LogP contribution in [0.3, 0.4) is 0 Å². The monoisotopic (exact) mass is 344 g/mol. The summed E-state index contributed by atoms with van der Waals surface area (Å²) in [6.45, 7) is 2.71. The summed E-state index contributed by atoms with van der Waals surface area (Å²) in [6.07, 6.45) is 7.81. The second-order valence-corrected chi connectivity index (χ2v) is 6.31. The van der Waals surface area contributed by atoms with Gasteiger partial charge in [0.2, 0.25) is 6.54 Å². The van der Waals surface area contributed by atoms with Crippen molar-refractivity contribution in [2.75, 3.05) is 44.6 Å². The number of carbonyl (C=O) groups is 1. The van der Waals surface area contributed by atoms with Crippen LogP contribution in [0.2, 0.25) is 0 Å². The summed E-state index contributed by atoms with van der Waals surface area (Å²) in [5.41, 5.74) is 2.20. The van der Waals surface area contributed by atoms with Gasteiger partial charge < -0.3 is 14.5 Å². The summed E-state index contributed by atoms with van der Waals surface area (Å²) in [5.74, 6) is -0.228. The standard InChI is InChI=1S/C19H28N4O2/c1-6-25-19(24)18(23-13-9-17(10-14-23)21(4)5)15-22-11-7-16(8-12-22)20(2)3/h7-14,18H,6,15H2,1-5H3/q+2. The minimum atomic E-state index is -0.411. The second kappa shape index (κ2) is 8.46. The first kappa shape index (κ1) is 18.7. The SMILES string of the molecule is CCOC(=O)C(C[n+]1ccc(N(C)C)cc1)[n+]1ccc(N(C)C)cc1. The first-order valence-corrected chi connectivity index (χ1v) is 8.43. The highest BCUT2D eigenvalue weighted by atomic mass is 16.5. The lowest BCUT2D eigenvalue weighted by Gasteiger charge is -2.13. The zero-order valence-corrected chi connectivity index (χ0v) is 15.7. The number of nitrogens with zero attached hydrogens (tertiary/aromatic N) is 4. The number of carbonyl (C=O) groups excluding carboxylic acids is 1. The Labute approximate surface area is 149 Å². The van der Waals surface area contributed by atoms with Gasteiger partial charge in [-0.15, -0.1) is 0 Å². The van der Waals surface area contributed by atoms with Crippen molar-refractivity contribution in [3.05, 3.63) is 49.1 Å². The van der Waals surface area contributed by atoms with Crippen LogP contribution in [-0.2, 0) is 16.1 Å². The Hall–Kier alpha value is -2.63. The minimum Gasteiger partial charge on any atom is -0.461 e. The molecule has 0 bridgehead atoms. The normalized spacial score (nSPS) is 11.7. The fourth-order valence-corrected chi connectivity index (χ4v) is 2.53. The van der Waals surface area contributed by atoms with Crippen molar-refractivity contribution in [1.29, 1.82) is 0 Å². The zero-order chi connectivity index (χ0) is 18.4. The number of pyridine rings is 2. The van der Waals surface area contributed by atoms with Crippen molar-refractivity contribution in [2.24, 2.45) is 0 Å². The Morgan fingerprint density at radius 2 is 1.44 bits per heavy atom. The van der Waals surface area contributed by atoms with Gasteiger partial charge in [0.15, 0.2) is 24.8 Å². The van der Waals surface area contributed by atoms with Crippen LogP contribution in [-0.4, -0.2) is 40.8 Å². The van der Waals surface area contributed by atoms with E-state index in [-0.39, 0.29) is 5.97 Å². The quantitative estimate of drug-likeness (QED) is 0.559. The zero-order valence-electron chi connectivity index (χ0n) is 15.7. The number of esters is 1. The number of rotatable bonds is 7. The molecule has 6 heteroatoms. The molecule has 0 fully saturated rings. The van der Waals surface area contributed by atoms with Gasteiger partial charge in [-0.05, 0) is 6.92 Å². The molecule has 2 rings (SSSR count). The maximum atomic E-state index is 12.5. The van der Waals surface area contributed by atoms with Crippen LogP contribution in [0.25, 0.3) is 0 Å². The molecule has 0 aliphatic rings. The van der Waals surface area contributed by atoms with Crippen molar-refractivity contribution in [1.82, 2.24) is 0 Å². The third-order valence-electron chi connectivity index (χ3n) is 4.04. The predicted molar refractivity (Wildman–Crippen MR) is 97.6 cm³/mol. The molecule has 0 N–H and O–H groups in total. The molecular weight excluding hydrogens is 316 g/mol. The fourth-order valence-electron chi connectivity index (χ4n) is 2.53. The number of hydrogen-bond acceptors (Lipinski definition) is 4. The Balaban J connectivity index is 2.24. The van der Waals surface area contributed by atoms with Crippen molar-refractivity contribution in [2.45, 2.75) is 19.5 Å². The summed E-state index contributed by atoms with van der Waals surface area (Å²) < 4.78 is 9.18. The molecule has 2 aromatic heterocycles. The Morgan fingerprint density at radius 1 is 0.960 bits per heavy atom. The predicted octanol–water partition coefficient (Wildman–Crippen LogP) is 1.20. The number of ether oxygens (including phenoxy) is 1. The van der Waals surface area contributed by atoms with E-state index in [2.05, 4.69) is 0 Å². The fraction of sp³-hybridized carbons (Fsp3) is 0.421. The van der Waals surface area contributed by atoms with E-state index in [4.69, 9.17) is 4.74 Å². The average Bonchev–Trinajstić information content (AvgIpc) is 2.60. The summed E-state index contributed by atoms with van der Waals surface area (Å²) >= 11 is 0. The molecule has 6 nitrogen and oxygen atoms in total. The van der Waals surface area contributed by atoms with Gasteiger partial charge in [0.25, 0.3) is 0 Å². The highest BCUT2D eigenvalue weighted by Crippen LogP contribution is 2.10. The average molecular weight is 344 g/mol. The van der Waals surface area contributed by atoms with E-state index < -0.39 is 6.04 Å². The Morgan fingerprint density at radius 3 is 1.88 bits per heavy atom. The van der Waals surface area contributed by atoms with Crippen LogP contribution in [0, 0.1) is 0 Å². The lowest BCUT2D eigenvalue weighted by Crippen LogP contribution is -2.52. The maximum Gasteiger partial charge on any atom is 0.382 e. The van der Waals surface area contributed by atoms with Gasteiger partial charge in [0.1, 0.15) is 0 Å². The van der Waals surface area contributed by atoms with Crippen LogP contribution in [0.5, 0.6) is 0 Å². The maximum absolute atomic E-state index is 12.5. The highest BCUT2D eigenvalue weighted by Gasteiger charge is 2.33. The van der Waals surface area contributed by atoms with Gasteiger partial charge >= 0.3 is 12.0 Å². The molecule has 0 aliphatic carbocycles. The second-order valence-electron chi connectivity index (χ2n) is 6.31. The summed E-state index contributed by atoms with van der Waals surface area (Å²) in [7, 11) is 7.99. The topological polar surface area (TPSA) is 40.5 Å². The molecule has 0 amide bonds. The van der Waals surface area contributed by atoms with Gasteiger partial charge in [-0.25, -0.2) is 4.79 Å². The molecule has 0 radical (unpaired) electrons. The van der Waals surface area contributed by atoms with Gasteiger partial charge in [0.05, 0.1) is 6.61 Å². The van der Waals surface area contributed by atoms with E-state index in [0.717, 1.165) is 11.4 Å². The molecule has 0 aliphatic heterocycles. The van der Waals surface area contributed by atoms with Crippen molar-refractivity contribution in [3.63, 3.8) is 0 Å². The van der Waals surface area contributed by atoms with Crippen LogP contribution in [0.1, 0.15) is 13.0 Å². The lowest BCUT2D eigenvalue weighted by atomic mass is 10.2.